The van der Waals surface area contributed by atoms with E-state index in [0.29, 0.717) is 0 Å². The van der Waals surface area contributed by atoms with E-state index >= 15 is 0 Å². The average Bonchev–Trinajstić information content (AvgIpc) is 2.75. The van der Waals surface area contributed by atoms with Crippen LogP contribution in [0.2, 0.25) is 0 Å². The molecule has 0 saturated heterocycles. The number of carbonyl (C=O) groups is 1. The highest BCUT2D eigenvalue weighted by Gasteiger charge is 2.32. The molecule has 1 aliphatic heterocycles. The van der Waals surface area contributed by atoms with Crippen molar-refractivity contribution in [2.75, 3.05) is 5.73 Å². The number of rotatable bonds is 5. The lowest BCUT2D eigenvalue weighted by molar-refractivity contribution is -0.132. The van der Waals surface area contributed by atoms with Gasteiger partial charge in [0.1, 0.15) is 0 Å². The standard InChI is InChI=1S/C20H18N2O9S2.C2H6/c1-3-9(10(4-2)20(23)24)15-11-5-7-13(21)18(32(25,26)27)16(11)31-17-12(15)6-8-14(22)19(17)33(28,29)30;1-2/h3-8,21H,22H2,1-2H3,(H,23,24)(H,25,26,27)(H,28,29,30);1-2H3/b9-3+,10-4+,21-13?;. The molecule has 6 N–H and O–H groups in total. The summed E-state index contributed by atoms with van der Waals surface area (Å²) in [6, 6.07) is 4.80. The summed E-state index contributed by atoms with van der Waals surface area (Å²) >= 11 is 0. The number of nitrogens with one attached hydrogen (secondary N) is 1. The number of allylic oxidation sites excluding steroid dienone is 2. The van der Waals surface area contributed by atoms with Gasteiger partial charge in [0.15, 0.2) is 21.1 Å². The fourth-order valence-electron chi connectivity index (χ4n) is 3.63. The Morgan fingerprint density at radius 2 is 1.54 bits per heavy atom. The maximum atomic E-state index is 12.1. The molecule has 35 heavy (non-hydrogen) atoms. The van der Waals surface area contributed by atoms with Crippen molar-refractivity contribution in [3.8, 4) is 11.3 Å². The zero-order valence-electron chi connectivity index (χ0n) is 19.1. The highest BCUT2D eigenvalue weighted by atomic mass is 32.2. The molecule has 0 unspecified atom stereocenters. The number of fused-ring (bicyclic) bond motifs is 2. The van der Waals surface area contributed by atoms with Crippen LogP contribution in [0.3, 0.4) is 0 Å². The summed E-state index contributed by atoms with van der Waals surface area (Å²) < 4.78 is 73.4. The van der Waals surface area contributed by atoms with Gasteiger partial charge in [-0.05, 0) is 43.7 Å². The molecule has 0 fully saturated rings. The summed E-state index contributed by atoms with van der Waals surface area (Å²) in [6.45, 7) is 6.96. The molecule has 11 nitrogen and oxygen atoms in total. The summed E-state index contributed by atoms with van der Waals surface area (Å²) in [5.74, 6) is -1.95. The molecule has 1 aromatic carbocycles. The van der Waals surface area contributed by atoms with E-state index in [0.717, 1.165) is 12.1 Å². The number of nitrogens with two attached hydrogens (primary N) is 1. The molecule has 0 radical (unpaired) electrons. The van der Waals surface area contributed by atoms with E-state index in [-0.39, 0.29) is 27.7 Å². The number of aliphatic carboxylic acids is 1. The van der Waals surface area contributed by atoms with Crippen molar-refractivity contribution >= 4 is 48.4 Å². The Kier molecular flexibility index (Phi) is 7.92. The molecule has 1 aliphatic carbocycles. The quantitative estimate of drug-likeness (QED) is 0.108. The van der Waals surface area contributed by atoms with Crippen LogP contribution in [0.25, 0.3) is 27.9 Å². The molecule has 0 aromatic heterocycles. The minimum absolute atomic E-state index is 0.0166. The molecule has 2 aliphatic rings. The van der Waals surface area contributed by atoms with Crippen molar-refractivity contribution in [3.63, 3.8) is 0 Å². The minimum Gasteiger partial charge on any atom is -0.478 e. The lowest BCUT2D eigenvalue weighted by Gasteiger charge is -2.20. The topological polar surface area (TPSA) is 209 Å². The first-order valence-electron chi connectivity index (χ1n) is 10.1. The van der Waals surface area contributed by atoms with E-state index in [4.69, 9.17) is 15.6 Å². The van der Waals surface area contributed by atoms with E-state index in [1.807, 2.05) is 13.8 Å². The predicted octanol–water partition coefficient (Wildman–Crippen LogP) is 3.55. The lowest BCUT2D eigenvalue weighted by Crippen LogP contribution is -2.17. The van der Waals surface area contributed by atoms with Gasteiger partial charge in [-0.2, -0.15) is 16.8 Å². The Morgan fingerprint density at radius 1 is 0.971 bits per heavy atom. The molecule has 13 heteroatoms. The van der Waals surface area contributed by atoms with Crippen LogP contribution in [0.4, 0.5) is 5.69 Å². The van der Waals surface area contributed by atoms with Gasteiger partial charge in [-0.25, -0.2) is 4.79 Å². The number of hydrogen-bond acceptors (Lipinski definition) is 8. The first kappa shape index (κ1) is 27.7. The lowest BCUT2D eigenvalue weighted by atomic mass is 9.89. The fraction of sp³-hybridized carbons (Fsp3) is 0.182. The van der Waals surface area contributed by atoms with Crippen molar-refractivity contribution < 1.29 is 40.3 Å². The van der Waals surface area contributed by atoms with E-state index in [1.165, 1.54) is 38.1 Å². The third-order valence-electron chi connectivity index (χ3n) is 4.88. The monoisotopic (exact) mass is 524 g/mol. The Balaban J connectivity index is 0.00000210. The number of carboxylic acids is 1. The van der Waals surface area contributed by atoms with Crippen molar-refractivity contribution in [2.45, 2.75) is 37.5 Å². The Bertz CT molecular complexity index is 1630. The smallest absolute Gasteiger partial charge is 0.335 e. The number of anilines is 1. The number of nitrogen functional groups attached to an aromatic ring is 1. The molecule has 0 saturated carbocycles. The zero-order valence-corrected chi connectivity index (χ0v) is 20.8. The fourth-order valence-corrected chi connectivity index (χ4v) is 5.11. The molecule has 1 aromatic rings. The SMILES string of the molecule is C/C=C(\C(=C/C)C(=O)O)c1c2ccc(=N)c(S(=O)(=O)O)c-2oc2c(S(=O)(=O)O)c(N)ccc12.CC. The Labute approximate surface area is 201 Å². The molecule has 0 bridgehead atoms. The summed E-state index contributed by atoms with van der Waals surface area (Å²) in [5.41, 5.74) is 4.56. The van der Waals surface area contributed by atoms with Gasteiger partial charge in [-0.3, -0.25) is 14.5 Å². The van der Waals surface area contributed by atoms with Crippen molar-refractivity contribution in [3.05, 3.63) is 52.9 Å². The summed E-state index contributed by atoms with van der Waals surface area (Å²) in [4.78, 5) is 10.0. The van der Waals surface area contributed by atoms with Crippen LogP contribution >= 0.6 is 0 Å². The van der Waals surface area contributed by atoms with Crippen LogP contribution in [0.15, 0.2) is 56.2 Å². The second-order valence-electron chi connectivity index (χ2n) is 6.82. The largest absolute Gasteiger partial charge is 0.478 e. The van der Waals surface area contributed by atoms with Crippen LogP contribution in [0, 0.1) is 5.41 Å². The van der Waals surface area contributed by atoms with Gasteiger partial charge in [0.25, 0.3) is 20.2 Å². The maximum Gasteiger partial charge on any atom is 0.335 e. The zero-order chi connectivity index (χ0) is 26.9. The van der Waals surface area contributed by atoms with Gasteiger partial charge in [-0.1, -0.05) is 26.0 Å². The molecule has 0 amide bonds. The van der Waals surface area contributed by atoms with Gasteiger partial charge in [0.2, 0.25) is 0 Å². The van der Waals surface area contributed by atoms with E-state index in [9.17, 15) is 35.8 Å². The maximum absolute atomic E-state index is 12.1. The van der Waals surface area contributed by atoms with Gasteiger partial charge >= 0.3 is 5.97 Å². The number of hydrogen-bond donors (Lipinski definition) is 5. The number of benzene rings is 2. The molecular formula is C22H24N2O9S2. The summed E-state index contributed by atoms with van der Waals surface area (Å²) in [6.07, 6.45) is 2.69. The molecule has 0 atom stereocenters. The van der Waals surface area contributed by atoms with Gasteiger partial charge in [-0.15, -0.1) is 0 Å². The van der Waals surface area contributed by atoms with E-state index in [1.54, 1.807) is 0 Å². The van der Waals surface area contributed by atoms with E-state index < -0.39 is 58.4 Å². The van der Waals surface area contributed by atoms with Gasteiger partial charge < -0.3 is 15.3 Å². The number of carboxylic acid groups (broad SMARTS) is 1. The predicted molar refractivity (Wildman–Crippen MR) is 129 cm³/mol. The third-order valence-corrected chi connectivity index (χ3v) is 6.74. The molecule has 3 rings (SSSR count). The highest BCUT2D eigenvalue weighted by molar-refractivity contribution is 7.86. The van der Waals surface area contributed by atoms with Gasteiger partial charge in [0.05, 0.1) is 16.6 Å². The molecular weight excluding hydrogens is 500 g/mol. The van der Waals surface area contributed by atoms with Crippen LogP contribution in [0.5, 0.6) is 0 Å². The minimum atomic E-state index is -5.05. The Hall–Kier alpha value is -3.52. The van der Waals surface area contributed by atoms with Crippen LogP contribution in [-0.4, -0.2) is 37.0 Å². The average molecular weight is 525 g/mol. The normalized spacial score (nSPS) is 13.0. The first-order valence-corrected chi connectivity index (χ1v) is 13.0. The summed E-state index contributed by atoms with van der Waals surface area (Å²) in [7, 11) is -10.1. The first-order chi connectivity index (χ1) is 16.2. The van der Waals surface area contributed by atoms with Crippen LogP contribution in [-0.2, 0) is 25.0 Å². The van der Waals surface area contributed by atoms with Crippen molar-refractivity contribution in [2.24, 2.45) is 0 Å². The third kappa shape index (κ3) is 4.98. The van der Waals surface area contributed by atoms with Gasteiger partial charge in [0, 0.05) is 16.5 Å². The highest BCUT2D eigenvalue weighted by Crippen LogP contribution is 2.44. The second kappa shape index (κ2) is 10.00. The Morgan fingerprint density at radius 3 is 2.00 bits per heavy atom. The molecule has 0 spiro atoms. The van der Waals surface area contributed by atoms with Crippen molar-refractivity contribution in [1.29, 1.82) is 5.41 Å². The van der Waals surface area contributed by atoms with Crippen molar-refractivity contribution in [1.82, 2.24) is 0 Å². The van der Waals surface area contributed by atoms with Crippen LogP contribution in [0.1, 0.15) is 33.3 Å². The molecule has 188 valence electrons. The second-order valence-corrected chi connectivity index (χ2v) is 9.53. The van der Waals surface area contributed by atoms with Crippen LogP contribution < -0.4 is 11.1 Å². The molecule has 1 heterocycles. The van der Waals surface area contributed by atoms with E-state index in [2.05, 4.69) is 0 Å². The summed E-state index contributed by atoms with van der Waals surface area (Å²) in [5, 5.41) is 16.9.